The van der Waals surface area contributed by atoms with Gasteiger partial charge in [-0.3, -0.25) is 0 Å². The number of hydrogen-bond donors (Lipinski definition) is 1. The van der Waals surface area contributed by atoms with Gasteiger partial charge in [-0.05, 0) is 43.3 Å². The monoisotopic (exact) mass is 283 g/mol. The van der Waals surface area contributed by atoms with Crippen molar-refractivity contribution in [3.63, 3.8) is 0 Å². The van der Waals surface area contributed by atoms with Crippen LogP contribution in [0.4, 0.5) is 0 Å². The van der Waals surface area contributed by atoms with E-state index in [1.165, 1.54) is 11.7 Å². The van der Waals surface area contributed by atoms with Gasteiger partial charge in [0.2, 0.25) is 0 Å². The van der Waals surface area contributed by atoms with Gasteiger partial charge in [0.15, 0.2) is 6.10 Å². The highest BCUT2D eigenvalue weighted by Gasteiger charge is 2.12. The van der Waals surface area contributed by atoms with E-state index in [1.807, 2.05) is 24.3 Å². The van der Waals surface area contributed by atoms with Crippen molar-refractivity contribution in [3.8, 4) is 11.4 Å². The maximum absolute atomic E-state index is 10.7. The van der Waals surface area contributed by atoms with Crippen LogP contribution in [0.3, 0.4) is 0 Å². The van der Waals surface area contributed by atoms with E-state index in [0.717, 1.165) is 16.7 Å². The molecule has 0 aliphatic heterocycles. The molecule has 2 aromatic carbocycles. The maximum atomic E-state index is 10.7. The summed E-state index contributed by atoms with van der Waals surface area (Å²) in [5.41, 5.74) is 2.41. The molecule has 0 amide bonds. The molecule has 0 aliphatic rings. The van der Waals surface area contributed by atoms with Crippen LogP contribution < -0.4 is 4.74 Å². The number of ether oxygens (including phenoxy) is 1. The van der Waals surface area contributed by atoms with Gasteiger partial charge in [0.25, 0.3) is 0 Å². The highest BCUT2D eigenvalue weighted by molar-refractivity contribution is 5.73. The quantitative estimate of drug-likeness (QED) is 0.794. The van der Waals surface area contributed by atoms with Crippen LogP contribution in [0.2, 0.25) is 0 Å². The van der Waals surface area contributed by atoms with E-state index in [-0.39, 0.29) is 0 Å². The predicted octanol–water partition coefficient (Wildman–Crippen LogP) is 2.27. The third-order valence-corrected chi connectivity index (χ3v) is 3.01. The van der Waals surface area contributed by atoms with E-state index in [0.29, 0.717) is 5.75 Å². The molecule has 1 atom stereocenters. The van der Waals surface area contributed by atoms with Crippen LogP contribution >= 0.6 is 0 Å². The highest BCUT2D eigenvalue weighted by Crippen LogP contribution is 2.17. The van der Waals surface area contributed by atoms with E-state index < -0.39 is 12.1 Å². The van der Waals surface area contributed by atoms with Crippen molar-refractivity contribution in [1.82, 2.24) is 15.0 Å². The third-order valence-electron chi connectivity index (χ3n) is 3.01. The Kier molecular flexibility index (Phi) is 3.27. The molecule has 3 rings (SSSR count). The average molecular weight is 283 g/mol. The summed E-state index contributed by atoms with van der Waals surface area (Å²) in [6.45, 7) is 1.48. The Hall–Kier alpha value is -2.89. The zero-order valence-electron chi connectivity index (χ0n) is 11.3. The van der Waals surface area contributed by atoms with Crippen LogP contribution in [-0.4, -0.2) is 32.2 Å². The lowest BCUT2D eigenvalue weighted by Gasteiger charge is -2.10. The number of nitrogens with zero attached hydrogens (tertiary/aromatic N) is 3. The number of rotatable bonds is 4. The fraction of sp³-hybridized carbons (Fsp3) is 0.133. The molecule has 0 saturated heterocycles. The van der Waals surface area contributed by atoms with Crippen LogP contribution in [0, 0.1) is 0 Å². The number of fused-ring (bicyclic) bond motifs is 1. The maximum Gasteiger partial charge on any atom is 0.344 e. The molecular formula is C15H13N3O3. The molecule has 1 heterocycles. The van der Waals surface area contributed by atoms with Crippen LogP contribution in [0.1, 0.15) is 6.92 Å². The zero-order valence-corrected chi connectivity index (χ0v) is 11.3. The fourth-order valence-corrected chi connectivity index (χ4v) is 1.89. The Labute approximate surface area is 120 Å². The first-order chi connectivity index (χ1) is 10.1. The lowest BCUT2D eigenvalue weighted by Crippen LogP contribution is -2.22. The number of aromatic nitrogens is 3. The second-order valence-electron chi connectivity index (χ2n) is 4.57. The summed E-state index contributed by atoms with van der Waals surface area (Å²) in [6.07, 6.45) is -0.888. The topological polar surface area (TPSA) is 77.2 Å². The number of hydrogen-bond acceptors (Lipinski definition) is 4. The van der Waals surface area contributed by atoms with Crippen molar-refractivity contribution < 1.29 is 14.6 Å². The van der Waals surface area contributed by atoms with Gasteiger partial charge in [-0.2, -0.15) is 4.80 Å². The molecule has 6 heteroatoms. The summed E-state index contributed by atoms with van der Waals surface area (Å²) < 4.78 is 5.28. The smallest absolute Gasteiger partial charge is 0.344 e. The number of carbonyl (C=O) groups is 1. The second-order valence-corrected chi connectivity index (χ2v) is 4.57. The molecule has 0 spiro atoms. The molecule has 1 N–H and O–H groups in total. The van der Waals surface area contributed by atoms with Gasteiger partial charge in [-0.15, -0.1) is 10.2 Å². The summed E-state index contributed by atoms with van der Waals surface area (Å²) in [6, 6.07) is 14.6. The van der Waals surface area contributed by atoms with Crippen LogP contribution in [-0.2, 0) is 4.79 Å². The molecule has 0 bridgehead atoms. The first-order valence-electron chi connectivity index (χ1n) is 6.45. The van der Waals surface area contributed by atoms with E-state index in [1.54, 1.807) is 24.3 Å². The summed E-state index contributed by atoms with van der Waals surface area (Å²) in [5.74, 6) is -0.510. The molecule has 6 nitrogen and oxygen atoms in total. The lowest BCUT2D eigenvalue weighted by molar-refractivity contribution is -0.144. The predicted molar refractivity (Wildman–Crippen MR) is 76.6 cm³/mol. The molecule has 106 valence electrons. The van der Waals surface area contributed by atoms with Gasteiger partial charge in [-0.25, -0.2) is 4.79 Å². The Balaban J connectivity index is 1.85. The highest BCUT2D eigenvalue weighted by atomic mass is 16.5. The van der Waals surface area contributed by atoms with Gasteiger partial charge < -0.3 is 9.84 Å². The van der Waals surface area contributed by atoms with Crippen molar-refractivity contribution in [2.75, 3.05) is 0 Å². The van der Waals surface area contributed by atoms with Gasteiger partial charge >= 0.3 is 5.97 Å². The lowest BCUT2D eigenvalue weighted by atomic mass is 10.3. The first-order valence-corrected chi connectivity index (χ1v) is 6.45. The van der Waals surface area contributed by atoms with Gasteiger partial charge in [0, 0.05) is 0 Å². The molecular weight excluding hydrogens is 270 g/mol. The van der Waals surface area contributed by atoms with Gasteiger partial charge in [0.05, 0.1) is 5.69 Å². The van der Waals surface area contributed by atoms with Gasteiger partial charge in [0.1, 0.15) is 16.8 Å². The standard InChI is InChI=1S/C15H13N3O3/c1-10(15(19)20)21-12-8-6-11(7-9-12)18-16-13-4-2-3-5-14(13)17-18/h2-10H,1H3,(H,19,20)/t10-/m1/s1. The Morgan fingerprint density at radius 2 is 1.67 bits per heavy atom. The summed E-state index contributed by atoms with van der Waals surface area (Å²) >= 11 is 0. The summed E-state index contributed by atoms with van der Waals surface area (Å²) in [7, 11) is 0. The first kappa shape index (κ1) is 13.1. The third kappa shape index (κ3) is 2.69. The van der Waals surface area contributed by atoms with E-state index in [9.17, 15) is 4.79 Å². The van der Waals surface area contributed by atoms with Gasteiger partial charge in [-0.1, -0.05) is 12.1 Å². The molecule has 0 saturated carbocycles. The Morgan fingerprint density at radius 1 is 1.10 bits per heavy atom. The molecule has 1 aromatic heterocycles. The molecule has 0 unspecified atom stereocenters. The minimum atomic E-state index is -1.00. The van der Waals surface area contributed by atoms with Crippen molar-refractivity contribution in [1.29, 1.82) is 0 Å². The number of carboxylic acids is 1. The minimum Gasteiger partial charge on any atom is -0.479 e. The average Bonchev–Trinajstić information content (AvgIpc) is 2.91. The number of benzene rings is 2. The van der Waals surface area contributed by atoms with Crippen LogP contribution in [0.5, 0.6) is 5.75 Å². The largest absolute Gasteiger partial charge is 0.479 e. The molecule has 0 radical (unpaired) electrons. The van der Waals surface area contributed by atoms with E-state index >= 15 is 0 Å². The Morgan fingerprint density at radius 3 is 2.19 bits per heavy atom. The summed E-state index contributed by atoms with van der Waals surface area (Å²) in [4.78, 5) is 12.3. The Bertz CT molecular complexity index is 747. The molecule has 0 aliphatic carbocycles. The minimum absolute atomic E-state index is 0.491. The molecule has 0 fully saturated rings. The van der Waals surface area contributed by atoms with Crippen molar-refractivity contribution in [2.24, 2.45) is 0 Å². The van der Waals surface area contributed by atoms with Crippen LogP contribution in [0.25, 0.3) is 16.7 Å². The van der Waals surface area contributed by atoms with Crippen molar-refractivity contribution >= 4 is 17.0 Å². The van der Waals surface area contributed by atoms with Crippen LogP contribution in [0.15, 0.2) is 48.5 Å². The SMILES string of the molecule is C[C@@H](Oc1ccc(-n2nc3ccccc3n2)cc1)C(=O)O. The normalized spacial score (nSPS) is 12.2. The van der Waals surface area contributed by atoms with Crippen molar-refractivity contribution in [2.45, 2.75) is 13.0 Å². The molecule has 3 aromatic rings. The zero-order chi connectivity index (χ0) is 14.8. The molecule has 21 heavy (non-hydrogen) atoms. The fourth-order valence-electron chi connectivity index (χ4n) is 1.89. The summed E-state index contributed by atoms with van der Waals surface area (Å²) in [5, 5.41) is 17.6. The van der Waals surface area contributed by atoms with E-state index in [4.69, 9.17) is 9.84 Å². The van der Waals surface area contributed by atoms with E-state index in [2.05, 4.69) is 10.2 Å². The van der Waals surface area contributed by atoms with Crippen molar-refractivity contribution in [3.05, 3.63) is 48.5 Å². The number of carboxylic acid groups (broad SMARTS) is 1. The number of aliphatic carboxylic acids is 1. The second kappa shape index (κ2) is 5.24.